The fourth-order valence-corrected chi connectivity index (χ4v) is 5.11. The lowest BCUT2D eigenvalue weighted by atomic mass is 9.99. The number of phenolic OH excluding ortho intramolecular Hbond substituents is 1. The molecule has 4 aromatic rings. The molecule has 0 spiro atoms. The molecule has 35 heavy (non-hydrogen) atoms. The minimum Gasteiger partial charge on any atom is -0.508 e. The van der Waals surface area contributed by atoms with Gasteiger partial charge in [0.1, 0.15) is 5.75 Å². The summed E-state index contributed by atoms with van der Waals surface area (Å²) in [5, 5.41) is 9.72. The second-order valence-electron chi connectivity index (χ2n) is 8.34. The first-order valence-electron chi connectivity index (χ1n) is 11.3. The van der Waals surface area contributed by atoms with E-state index >= 15 is 0 Å². The number of fused-ring (bicyclic) bond motifs is 2. The van der Waals surface area contributed by atoms with Gasteiger partial charge in [0, 0.05) is 40.1 Å². The molecule has 4 aromatic carbocycles. The Bertz CT molecular complexity index is 1510. The second-order valence-corrected chi connectivity index (χ2v) is 9.42. The van der Waals surface area contributed by atoms with Crippen LogP contribution in [0.15, 0.2) is 118 Å². The number of phenols is 1. The van der Waals surface area contributed by atoms with Crippen LogP contribution in [0.2, 0.25) is 0 Å². The Kier molecular flexibility index (Phi) is 6.43. The lowest BCUT2D eigenvalue weighted by Gasteiger charge is -2.18. The molecular weight excluding hydrogens is 450 g/mol. The van der Waals surface area contributed by atoms with E-state index in [4.69, 9.17) is 0 Å². The number of carbonyl (C=O) groups is 1. The van der Waals surface area contributed by atoms with Gasteiger partial charge in [-0.05, 0) is 59.2 Å². The summed E-state index contributed by atoms with van der Waals surface area (Å²) in [6, 6.07) is 31.3. The normalized spacial score (nSPS) is 12.0. The van der Waals surface area contributed by atoms with Crippen LogP contribution in [0.25, 0.3) is 11.6 Å². The average Bonchev–Trinajstić information content (AvgIpc) is 2.95. The summed E-state index contributed by atoms with van der Waals surface area (Å²) in [5.41, 5.74) is 12.2. The van der Waals surface area contributed by atoms with E-state index in [1.54, 1.807) is 41.9 Å². The van der Waals surface area contributed by atoms with Crippen LogP contribution in [0.5, 0.6) is 5.75 Å². The third kappa shape index (κ3) is 5.01. The molecule has 5 rings (SSSR count). The van der Waals surface area contributed by atoms with Crippen LogP contribution in [0.3, 0.4) is 0 Å². The van der Waals surface area contributed by atoms with Crippen molar-refractivity contribution in [1.82, 2.24) is 4.90 Å². The van der Waals surface area contributed by atoms with E-state index in [-0.39, 0.29) is 11.7 Å². The van der Waals surface area contributed by atoms with Crippen molar-refractivity contribution in [3.05, 3.63) is 136 Å². The van der Waals surface area contributed by atoms with Crippen LogP contribution < -0.4 is 0 Å². The number of rotatable bonds is 4. The van der Waals surface area contributed by atoms with Gasteiger partial charge in [0.25, 0.3) is 5.91 Å². The van der Waals surface area contributed by atoms with Crippen molar-refractivity contribution in [3.8, 4) is 5.75 Å². The zero-order chi connectivity index (χ0) is 24.2. The van der Waals surface area contributed by atoms with Crippen molar-refractivity contribution in [3.63, 3.8) is 0 Å². The van der Waals surface area contributed by atoms with Gasteiger partial charge in [-0.3, -0.25) is 4.79 Å². The minimum absolute atomic E-state index is 0.0840. The third-order valence-electron chi connectivity index (χ3n) is 5.80. The molecule has 0 saturated heterocycles. The van der Waals surface area contributed by atoms with Gasteiger partial charge in [-0.15, -0.1) is 0 Å². The predicted octanol–water partition coefficient (Wildman–Crippen LogP) is 7.03. The number of carbonyl (C=O) groups excluding carboxylic acids is 1. The van der Waals surface area contributed by atoms with Gasteiger partial charge >= 0.3 is 0 Å². The lowest BCUT2D eigenvalue weighted by Crippen LogP contribution is -2.26. The van der Waals surface area contributed by atoms with E-state index < -0.39 is 0 Å². The first kappa shape index (κ1) is 22.6. The highest BCUT2D eigenvalue weighted by Gasteiger charge is 2.17. The zero-order valence-electron chi connectivity index (χ0n) is 19.2. The average molecular weight is 474 g/mol. The summed E-state index contributed by atoms with van der Waals surface area (Å²) in [6.45, 7) is 0.408. The summed E-state index contributed by atoms with van der Waals surface area (Å²) >= 11 is 1.68. The van der Waals surface area contributed by atoms with Gasteiger partial charge in [-0.25, -0.2) is 0 Å². The summed E-state index contributed by atoms with van der Waals surface area (Å²) in [7, 11) is 1.77. The molecule has 0 aliphatic carbocycles. The Labute approximate surface area is 209 Å². The van der Waals surface area contributed by atoms with Crippen LogP contribution in [-0.4, -0.2) is 23.0 Å². The van der Waals surface area contributed by atoms with Gasteiger partial charge in [-0.2, -0.15) is 0 Å². The van der Waals surface area contributed by atoms with Crippen LogP contribution >= 0.6 is 11.8 Å². The fourth-order valence-electron chi connectivity index (χ4n) is 4.07. The summed E-state index contributed by atoms with van der Waals surface area (Å²) < 4.78 is 0. The van der Waals surface area contributed by atoms with Crippen molar-refractivity contribution in [1.29, 1.82) is 0 Å². The van der Waals surface area contributed by atoms with Gasteiger partial charge < -0.3 is 10.0 Å². The van der Waals surface area contributed by atoms with E-state index in [9.17, 15) is 9.90 Å². The van der Waals surface area contributed by atoms with Crippen molar-refractivity contribution >= 4 is 29.3 Å². The molecule has 1 aliphatic rings. The topological polar surface area (TPSA) is 40.5 Å². The molecule has 0 aromatic heterocycles. The quantitative estimate of drug-likeness (QED) is 0.285. The zero-order valence-corrected chi connectivity index (χ0v) is 20.0. The Morgan fingerprint density at radius 1 is 0.886 bits per heavy atom. The fraction of sp³-hybridized carbons (Fsp3) is 0.0645. The number of hydrogen-bond donors (Lipinski definition) is 1. The Morgan fingerprint density at radius 2 is 1.69 bits per heavy atom. The molecule has 0 atom stereocenters. The van der Waals surface area contributed by atoms with Crippen molar-refractivity contribution in [2.24, 2.45) is 0 Å². The number of hydrogen-bond acceptors (Lipinski definition) is 3. The molecule has 1 aliphatic heterocycles. The molecule has 0 radical (unpaired) electrons. The Morgan fingerprint density at radius 3 is 2.51 bits per heavy atom. The number of benzene rings is 4. The van der Waals surface area contributed by atoms with E-state index in [1.807, 2.05) is 60.7 Å². The standard InChI is InChI=1S/C31H23NO2S/c1-32(21-22-9-7-13-26(33)19-22)31(34)25-17-18-29-24(20-25)12-8-15-27(23-10-3-2-4-11-23)28-14-5-6-16-30(28)35-29/h2-7,9-14,16-20,33H,21H2,1H3. The van der Waals surface area contributed by atoms with Gasteiger partial charge in [0.2, 0.25) is 0 Å². The van der Waals surface area contributed by atoms with E-state index in [2.05, 4.69) is 35.7 Å². The lowest BCUT2D eigenvalue weighted by molar-refractivity contribution is 0.0785. The first-order chi connectivity index (χ1) is 17.1. The molecule has 3 nitrogen and oxygen atoms in total. The van der Waals surface area contributed by atoms with Crippen LogP contribution in [0.4, 0.5) is 0 Å². The molecule has 170 valence electrons. The number of nitrogens with zero attached hydrogens (tertiary/aromatic N) is 1. The maximum atomic E-state index is 13.2. The van der Waals surface area contributed by atoms with Crippen molar-refractivity contribution in [2.45, 2.75) is 16.3 Å². The minimum atomic E-state index is -0.0840. The molecule has 1 N–H and O–H groups in total. The first-order valence-corrected chi connectivity index (χ1v) is 12.1. The molecule has 0 saturated carbocycles. The third-order valence-corrected chi connectivity index (χ3v) is 6.96. The Hall–Kier alpha value is -4.20. The second kappa shape index (κ2) is 9.97. The summed E-state index contributed by atoms with van der Waals surface area (Å²) in [5.74, 6) is 0.108. The van der Waals surface area contributed by atoms with Gasteiger partial charge in [-0.1, -0.05) is 83.9 Å². The highest BCUT2D eigenvalue weighted by atomic mass is 32.2. The van der Waals surface area contributed by atoms with E-state index in [1.165, 1.54) is 0 Å². The van der Waals surface area contributed by atoms with E-state index in [0.717, 1.165) is 37.6 Å². The maximum Gasteiger partial charge on any atom is 0.253 e. The summed E-state index contributed by atoms with van der Waals surface area (Å²) in [6.07, 6.45) is 1.89. The van der Waals surface area contributed by atoms with Crippen LogP contribution in [0.1, 0.15) is 32.6 Å². The number of aromatic hydroxyl groups is 1. The highest BCUT2D eigenvalue weighted by molar-refractivity contribution is 7.99. The van der Waals surface area contributed by atoms with E-state index in [0.29, 0.717) is 12.1 Å². The van der Waals surface area contributed by atoms with Crippen LogP contribution in [0, 0.1) is 0 Å². The molecule has 0 fully saturated rings. The van der Waals surface area contributed by atoms with Crippen molar-refractivity contribution < 1.29 is 9.90 Å². The van der Waals surface area contributed by atoms with Crippen molar-refractivity contribution in [2.75, 3.05) is 7.05 Å². The maximum absolute atomic E-state index is 13.2. The monoisotopic (exact) mass is 473 g/mol. The molecule has 1 amide bonds. The highest BCUT2D eigenvalue weighted by Crippen LogP contribution is 2.38. The van der Waals surface area contributed by atoms with Crippen LogP contribution in [-0.2, 0) is 6.54 Å². The molecule has 0 unspecified atom stereocenters. The largest absolute Gasteiger partial charge is 0.508 e. The number of amides is 1. The molecule has 4 heteroatoms. The van der Waals surface area contributed by atoms with Gasteiger partial charge in [0.05, 0.1) is 0 Å². The molecular formula is C31H23NO2S. The molecule has 1 heterocycles. The molecule has 0 bridgehead atoms. The van der Waals surface area contributed by atoms with Gasteiger partial charge in [0.15, 0.2) is 0 Å². The SMILES string of the molecule is CN(Cc1cccc(O)c1)C(=O)c1ccc2c(c1)C=C=C=C(c1ccccc1)c1ccccc1S2. The smallest absolute Gasteiger partial charge is 0.253 e. The Balaban J connectivity index is 1.52. The predicted molar refractivity (Wildman–Crippen MR) is 141 cm³/mol. The summed E-state index contributed by atoms with van der Waals surface area (Å²) in [4.78, 5) is 17.0.